The van der Waals surface area contributed by atoms with E-state index in [1.807, 2.05) is 12.1 Å². The standard InChI is InChI=1S/C19H20N2O5/c22-16-7-13(8-17(23)18(16)24)19(25)21-14-4-1-5-15(9-14)26-11-12-3-2-6-20-10-12/h1-7,9-10,16-18,22-24H,8,11H2,(H,21,25). The van der Waals surface area contributed by atoms with E-state index in [4.69, 9.17) is 4.74 Å². The number of hydrogen-bond donors (Lipinski definition) is 4. The Morgan fingerprint density at radius 1 is 1.23 bits per heavy atom. The van der Waals surface area contributed by atoms with Gasteiger partial charge in [-0.25, -0.2) is 0 Å². The third-order valence-corrected chi connectivity index (χ3v) is 4.06. The molecule has 4 N–H and O–H groups in total. The summed E-state index contributed by atoms with van der Waals surface area (Å²) in [5.41, 5.74) is 1.67. The number of aliphatic hydroxyl groups is 3. The number of aromatic nitrogens is 1. The molecule has 0 saturated carbocycles. The van der Waals surface area contributed by atoms with Crippen LogP contribution in [0, 0.1) is 0 Å². The second kappa shape index (κ2) is 8.09. The molecular formula is C19H20N2O5. The predicted octanol–water partition coefficient (Wildman–Crippen LogP) is 1.01. The molecule has 0 saturated heterocycles. The predicted molar refractivity (Wildman–Crippen MR) is 94.4 cm³/mol. The number of hydrogen-bond acceptors (Lipinski definition) is 6. The highest BCUT2D eigenvalue weighted by Crippen LogP contribution is 2.23. The number of rotatable bonds is 5. The van der Waals surface area contributed by atoms with Crippen LogP contribution in [-0.4, -0.2) is 44.5 Å². The molecule has 1 aliphatic rings. The fraction of sp³-hybridized carbons (Fsp3) is 0.263. The number of ether oxygens (including phenoxy) is 1. The first-order valence-electron chi connectivity index (χ1n) is 8.21. The van der Waals surface area contributed by atoms with Crippen molar-refractivity contribution in [3.8, 4) is 5.75 Å². The van der Waals surface area contributed by atoms with E-state index in [1.54, 1.807) is 36.7 Å². The lowest BCUT2D eigenvalue weighted by Gasteiger charge is -2.27. The molecule has 1 aliphatic carbocycles. The van der Waals surface area contributed by atoms with E-state index >= 15 is 0 Å². The first kappa shape index (κ1) is 18.1. The summed E-state index contributed by atoms with van der Waals surface area (Å²) < 4.78 is 5.69. The fourth-order valence-corrected chi connectivity index (χ4v) is 2.64. The zero-order valence-electron chi connectivity index (χ0n) is 13.9. The topological polar surface area (TPSA) is 112 Å². The third kappa shape index (κ3) is 4.45. The number of pyridine rings is 1. The van der Waals surface area contributed by atoms with Crippen LogP contribution in [0.3, 0.4) is 0 Å². The van der Waals surface area contributed by atoms with E-state index in [9.17, 15) is 20.1 Å². The van der Waals surface area contributed by atoms with E-state index in [1.165, 1.54) is 6.08 Å². The summed E-state index contributed by atoms with van der Waals surface area (Å²) >= 11 is 0. The van der Waals surface area contributed by atoms with Crippen LogP contribution in [0.4, 0.5) is 5.69 Å². The molecule has 2 aromatic rings. The van der Waals surface area contributed by atoms with Crippen molar-refractivity contribution >= 4 is 11.6 Å². The Bertz CT molecular complexity index is 794. The monoisotopic (exact) mass is 356 g/mol. The molecule has 0 spiro atoms. The summed E-state index contributed by atoms with van der Waals surface area (Å²) in [5.74, 6) is 0.138. The van der Waals surface area contributed by atoms with Crippen molar-refractivity contribution < 1.29 is 24.9 Å². The van der Waals surface area contributed by atoms with Gasteiger partial charge in [-0.3, -0.25) is 9.78 Å². The molecule has 0 aliphatic heterocycles. The Hall–Kier alpha value is -2.74. The summed E-state index contributed by atoms with van der Waals surface area (Å²) in [7, 11) is 0. The maximum Gasteiger partial charge on any atom is 0.251 e. The molecule has 0 radical (unpaired) electrons. The van der Waals surface area contributed by atoms with Crippen LogP contribution in [0.25, 0.3) is 0 Å². The van der Waals surface area contributed by atoms with Crippen molar-refractivity contribution in [1.29, 1.82) is 0 Å². The highest BCUT2D eigenvalue weighted by atomic mass is 16.5. The van der Waals surface area contributed by atoms with Gasteiger partial charge in [0.25, 0.3) is 5.91 Å². The number of nitrogens with one attached hydrogen (secondary N) is 1. The Morgan fingerprint density at radius 3 is 2.81 bits per heavy atom. The lowest BCUT2D eigenvalue weighted by Crippen LogP contribution is -2.41. The van der Waals surface area contributed by atoms with E-state index in [0.29, 0.717) is 18.0 Å². The van der Waals surface area contributed by atoms with Crippen LogP contribution in [0.1, 0.15) is 12.0 Å². The van der Waals surface area contributed by atoms with Gasteiger partial charge in [0.1, 0.15) is 24.6 Å². The highest BCUT2D eigenvalue weighted by molar-refractivity contribution is 6.04. The zero-order valence-corrected chi connectivity index (χ0v) is 13.9. The normalized spacial score (nSPS) is 22.4. The number of benzene rings is 1. The lowest BCUT2D eigenvalue weighted by atomic mass is 9.92. The Morgan fingerprint density at radius 2 is 2.08 bits per heavy atom. The molecule has 3 atom stereocenters. The smallest absolute Gasteiger partial charge is 0.251 e. The number of carbonyl (C=O) groups is 1. The molecule has 3 rings (SSSR count). The zero-order chi connectivity index (χ0) is 18.5. The van der Waals surface area contributed by atoms with E-state index in [-0.39, 0.29) is 12.0 Å². The van der Waals surface area contributed by atoms with E-state index in [2.05, 4.69) is 10.3 Å². The van der Waals surface area contributed by atoms with Gasteiger partial charge in [0.2, 0.25) is 0 Å². The van der Waals surface area contributed by atoms with Gasteiger partial charge in [0.15, 0.2) is 0 Å². The number of carbonyl (C=O) groups excluding carboxylic acids is 1. The molecule has 3 unspecified atom stereocenters. The maximum absolute atomic E-state index is 12.3. The quantitative estimate of drug-likeness (QED) is 0.636. The minimum atomic E-state index is -1.28. The van der Waals surface area contributed by atoms with Crippen LogP contribution in [-0.2, 0) is 11.4 Å². The molecule has 26 heavy (non-hydrogen) atoms. The largest absolute Gasteiger partial charge is 0.489 e. The van der Waals surface area contributed by atoms with Gasteiger partial charge in [-0.2, -0.15) is 0 Å². The summed E-state index contributed by atoms with van der Waals surface area (Å²) in [6, 6.07) is 10.6. The average Bonchev–Trinajstić information content (AvgIpc) is 2.65. The van der Waals surface area contributed by atoms with Crippen molar-refractivity contribution in [1.82, 2.24) is 4.98 Å². The Labute approximate surface area is 150 Å². The number of anilines is 1. The highest BCUT2D eigenvalue weighted by Gasteiger charge is 2.31. The van der Waals surface area contributed by atoms with Crippen molar-refractivity contribution in [3.05, 3.63) is 66.0 Å². The number of nitrogens with zero attached hydrogens (tertiary/aromatic N) is 1. The van der Waals surface area contributed by atoms with Crippen LogP contribution >= 0.6 is 0 Å². The molecule has 1 heterocycles. The Balaban J connectivity index is 1.63. The molecule has 1 aromatic heterocycles. The maximum atomic E-state index is 12.3. The number of amides is 1. The molecule has 1 amide bonds. The van der Waals surface area contributed by atoms with E-state index in [0.717, 1.165) is 5.56 Å². The first-order chi connectivity index (χ1) is 12.5. The third-order valence-electron chi connectivity index (χ3n) is 4.06. The van der Waals surface area contributed by atoms with Gasteiger partial charge in [0.05, 0.1) is 6.10 Å². The first-order valence-corrected chi connectivity index (χ1v) is 8.21. The van der Waals surface area contributed by atoms with Crippen LogP contribution in [0.2, 0.25) is 0 Å². The fourth-order valence-electron chi connectivity index (χ4n) is 2.64. The van der Waals surface area contributed by atoms with Gasteiger partial charge in [-0.05, 0) is 24.3 Å². The van der Waals surface area contributed by atoms with Crippen molar-refractivity contribution in [2.24, 2.45) is 0 Å². The summed E-state index contributed by atoms with van der Waals surface area (Å²) in [4.78, 5) is 16.3. The van der Waals surface area contributed by atoms with Gasteiger partial charge < -0.3 is 25.4 Å². The summed E-state index contributed by atoms with van der Waals surface area (Å²) in [6.07, 6.45) is 0.907. The summed E-state index contributed by atoms with van der Waals surface area (Å²) in [6.45, 7) is 0.354. The van der Waals surface area contributed by atoms with Crippen LogP contribution in [0.15, 0.2) is 60.4 Å². The van der Waals surface area contributed by atoms with Crippen molar-refractivity contribution in [2.45, 2.75) is 31.3 Å². The molecule has 1 aromatic carbocycles. The molecule has 7 heteroatoms. The molecule has 7 nitrogen and oxygen atoms in total. The van der Waals surface area contributed by atoms with Crippen LogP contribution < -0.4 is 10.1 Å². The second-order valence-electron chi connectivity index (χ2n) is 6.08. The molecule has 0 fully saturated rings. The summed E-state index contributed by atoms with van der Waals surface area (Å²) in [5, 5.41) is 31.6. The Kier molecular flexibility index (Phi) is 5.62. The molecule has 0 bridgehead atoms. The van der Waals surface area contributed by atoms with Gasteiger partial charge in [-0.15, -0.1) is 0 Å². The van der Waals surface area contributed by atoms with Crippen molar-refractivity contribution in [2.75, 3.05) is 5.32 Å². The minimum absolute atomic E-state index is 0.0265. The van der Waals surface area contributed by atoms with Gasteiger partial charge in [0, 0.05) is 41.7 Å². The SMILES string of the molecule is O=C(Nc1cccc(OCc2cccnc2)c1)C1=CC(O)C(O)C(O)C1. The number of aliphatic hydroxyl groups excluding tert-OH is 3. The minimum Gasteiger partial charge on any atom is -0.489 e. The molecule has 136 valence electrons. The van der Waals surface area contributed by atoms with Crippen molar-refractivity contribution in [3.63, 3.8) is 0 Å². The van der Waals surface area contributed by atoms with Gasteiger partial charge >= 0.3 is 0 Å². The van der Waals surface area contributed by atoms with Crippen LogP contribution in [0.5, 0.6) is 5.75 Å². The van der Waals surface area contributed by atoms with Gasteiger partial charge in [-0.1, -0.05) is 12.1 Å². The molecular weight excluding hydrogens is 336 g/mol. The lowest BCUT2D eigenvalue weighted by molar-refractivity contribution is -0.114. The average molecular weight is 356 g/mol. The van der Waals surface area contributed by atoms with E-state index < -0.39 is 24.2 Å². The second-order valence-corrected chi connectivity index (χ2v) is 6.08.